The SMILES string of the molecule is C=COC(=O)C(C)(F)c1ccccc1. The fourth-order valence-electron chi connectivity index (χ4n) is 1.06. The minimum absolute atomic E-state index is 0.270. The zero-order chi connectivity index (χ0) is 10.6. The lowest BCUT2D eigenvalue weighted by Gasteiger charge is -2.17. The molecule has 1 rings (SSSR count). The normalized spacial score (nSPS) is 14.1. The third-order valence-corrected chi connectivity index (χ3v) is 1.89. The number of halogens is 1. The van der Waals surface area contributed by atoms with Crippen molar-refractivity contribution in [1.82, 2.24) is 0 Å². The van der Waals surface area contributed by atoms with Gasteiger partial charge in [0, 0.05) is 5.56 Å². The van der Waals surface area contributed by atoms with Crippen molar-refractivity contribution >= 4 is 5.97 Å². The highest BCUT2D eigenvalue weighted by Gasteiger charge is 2.36. The predicted octanol–water partition coefficient (Wildman–Crippen LogP) is 2.56. The Labute approximate surface area is 82.0 Å². The fraction of sp³-hybridized carbons (Fsp3) is 0.182. The maximum Gasteiger partial charge on any atom is 0.353 e. The summed E-state index contributed by atoms with van der Waals surface area (Å²) in [6.07, 6.45) is 0.920. The first kappa shape index (κ1) is 10.4. The summed E-state index contributed by atoms with van der Waals surface area (Å²) in [5.74, 6) is -0.960. The first-order chi connectivity index (χ1) is 6.59. The van der Waals surface area contributed by atoms with Crippen LogP contribution in [0.25, 0.3) is 0 Å². The molecule has 14 heavy (non-hydrogen) atoms. The average Bonchev–Trinajstić information content (AvgIpc) is 2.19. The summed E-state index contributed by atoms with van der Waals surface area (Å²) in [5.41, 5.74) is -1.86. The molecule has 0 saturated carbocycles. The van der Waals surface area contributed by atoms with Gasteiger partial charge in [-0.1, -0.05) is 36.9 Å². The fourth-order valence-corrected chi connectivity index (χ4v) is 1.06. The molecule has 3 heteroatoms. The second kappa shape index (κ2) is 4.05. The van der Waals surface area contributed by atoms with E-state index in [0.717, 1.165) is 13.2 Å². The molecule has 0 fully saturated rings. The van der Waals surface area contributed by atoms with Gasteiger partial charge in [-0.2, -0.15) is 0 Å². The summed E-state index contributed by atoms with van der Waals surface area (Å²) in [7, 11) is 0. The summed E-state index contributed by atoms with van der Waals surface area (Å²) in [6, 6.07) is 8.13. The van der Waals surface area contributed by atoms with Gasteiger partial charge in [0.05, 0.1) is 6.26 Å². The van der Waals surface area contributed by atoms with Crippen molar-refractivity contribution in [3.63, 3.8) is 0 Å². The number of hydrogen-bond donors (Lipinski definition) is 0. The van der Waals surface area contributed by atoms with E-state index in [1.807, 2.05) is 0 Å². The quantitative estimate of drug-likeness (QED) is 0.546. The molecule has 0 amide bonds. The third kappa shape index (κ3) is 1.99. The zero-order valence-electron chi connectivity index (χ0n) is 7.87. The monoisotopic (exact) mass is 194 g/mol. The number of rotatable bonds is 3. The van der Waals surface area contributed by atoms with Crippen molar-refractivity contribution in [2.75, 3.05) is 0 Å². The van der Waals surface area contributed by atoms with Crippen LogP contribution in [-0.2, 0) is 15.2 Å². The van der Waals surface area contributed by atoms with E-state index < -0.39 is 11.6 Å². The molecule has 0 aromatic heterocycles. The number of ether oxygens (including phenoxy) is 1. The van der Waals surface area contributed by atoms with Crippen molar-refractivity contribution < 1.29 is 13.9 Å². The molecule has 0 aliphatic heterocycles. The molecule has 1 unspecified atom stereocenters. The Kier molecular flexibility index (Phi) is 3.02. The Hall–Kier alpha value is -1.64. The maximum atomic E-state index is 13.9. The number of esters is 1. The molecule has 74 valence electrons. The van der Waals surface area contributed by atoms with Gasteiger partial charge in [0.2, 0.25) is 5.67 Å². The average molecular weight is 194 g/mol. The van der Waals surface area contributed by atoms with E-state index in [4.69, 9.17) is 0 Å². The van der Waals surface area contributed by atoms with Gasteiger partial charge in [-0.3, -0.25) is 0 Å². The Balaban J connectivity index is 2.95. The van der Waals surface area contributed by atoms with Crippen LogP contribution in [0.15, 0.2) is 43.2 Å². The van der Waals surface area contributed by atoms with E-state index >= 15 is 0 Å². The first-order valence-corrected chi connectivity index (χ1v) is 4.15. The summed E-state index contributed by atoms with van der Waals surface area (Å²) in [6.45, 7) is 4.36. The summed E-state index contributed by atoms with van der Waals surface area (Å²) >= 11 is 0. The van der Waals surface area contributed by atoms with Crippen LogP contribution < -0.4 is 0 Å². The Morgan fingerprint density at radius 1 is 1.50 bits per heavy atom. The molecule has 2 nitrogen and oxygen atoms in total. The molecule has 0 aliphatic carbocycles. The zero-order valence-corrected chi connectivity index (χ0v) is 7.87. The molecule has 0 spiro atoms. The van der Waals surface area contributed by atoms with Gasteiger partial charge in [0.15, 0.2) is 0 Å². The molecule has 1 aromatic carbocycles. The van der Waals surface area contributed by atoms with Crippen molar-refractivity contribution in [3.05, 3.63) is 48.7 Å². The maximum absolute atomic E-state index is 13.9. The van der Waals surface area contributed by atoms with Crippen LogP contribution in [0.1, 0.15) is 12.5 Å². The topological polar surface area (TPSA) is 26.3 Å². The van der Waals surface area contributed by atoms with Crippen molar-refractivity contribution in [2.45, 2.75) is 12.6 Å². The molecule has 0 aliphatic rings. The number of carbonyl (C=O) groups excluding carboxylic acids is 1. The van der Waals surface area contributed by atoms with E-state index in [0.29, 0.717) is 0 Å². The number of carbonyl (C=O) groups is 1. The van der Waals surface area contributed by atoms with E-state index in [9.17, 15) is 9.18 Å². The summed E-state index contributed by atoms with van der Waals surface area (Å²) < 4.78 is 18.3. The number of benzene rings is 1. The van der Waals surface area contributed by atoms with Gasteiger partial charge in [0.25, 0.3) is 0 Å². The van der Waals surface area contributed by atoms with Crippen molar-refractivity contribution in [2.24, 2.45) is 0 Å². The molecular formula is C11H11FO2. The standard InChI is InChI=1S/C11H11FO2/c1-3-14-10(13)11(2,12)9-7-5-4-6-8-9/h3-8H,1H2,2H3. The molecule has 0 bridgehead atoms. The second-order valence-electron chi connectivity index (χ2n) is 2.94. The first-order valence-electron chi connectivity index (χ1n) is 4.15. The lowest BCUT2D eigenvalue weighted by molar-refractivity contribution is -0.151. The van der Waals surface area contributed by atoms with E-state index in [1.165, 1.54) is 12.1 Å². The third-order valence-electron chi connectivity index (χ3n) is 1.89. The second-order valence-corrected chi connectivity index (χ2v) is 2.94. The van der Waals surface area contributed by atoms with Crippen LogP contribution in [0, 0.1) is 0 Å². The van der Waals surface area contributed by atoms with Crippen LogP contribution >= 0.6 is 0 Å². The van der Waals surface area contributed by atoms with Gasteiger partial charge in [-0.15, -0.1) is 0 Å². The molecule has 1 aromatic rings. The highest BCUT2D eigenvalue weighted by atomic mass is 19.1. The lowest BCUT2D eigenvalue weighted by atomic mass is 9.98. The van der Waals surface area contributed by atoms with Gasteiger partial charge in [-0.25, -0.2) is 9.18 Å². The van der Waals surface area contributed by atoms with E-state index in [1.54, 1.807) is 18.2 Å². The summed E-state index contributed by atoms with van der Waals surface area (Å²) in [4.78, 5) is 11.2. The van der Waals surface area contributed by atoms with E-state index in [-0.39, 0.29) is 5.56 Å². The minimum Gasteiger partial charge on any atom is -0.433 e. The van der Waals surface area contributed by atoms with Gasteiger partial charge in [-0.05, 0) is 6.92 Å². The Morgan fingerprint density at radius 2 is 2.07 bits per heavy atom. The van der Waals surface area contributed by atoms with E-state index in [2.05, 4.69) is 11.3 Å². The van der Waals surface area contributed by atoms with Crippen LogP contribution in [0.5, 0.6) is 0 Å². The molecule has 0 heterocycles. The smallest absolute Gasteiger partial charge is 0.353 e. The largest absolute Gasteiger partial charge is 0.433 e. The van der Waals surface area contributed by atoms with Gasteiger partial charge in [0.1, 0.15) is 0 Å². The van der Waals surface area contributed by atoms with Crippen molar-refractivity contribution in [1.29, 1.82) is 0 Å². The van der Waals surface area contributed by atoms with Crippen LogP contribution in [-0.4, -0.2) is 5.97 Å². The van der Waals surface area contributed by atoms with Crippen LogP contribution in [0.3, 0.4) is 0 Å². The van der Waals surface area contributed by atoms with Crippen LogP contribution in [0.4, 0.5) is 4.39 Å². The lowest BCUT2D eigenvalue weighted by Crippen LogP contribution is -2.28. The summed E-state index contributed by atoms with van der Waals surface area (Å²) in [5, 5.41) is 0. The molecular weight excluding hydrogens is 183 g/mol. The minimum atomic E-state index is -2.13. The molecule has 0 radical (unpaired) electrons. The molecule has 0 saturated heterocycles. The Bertz CT molecular complexity index is 330. The van der Waals surface area contributed by atoms with Crippen molar-refractivity contribution in [3.8, 4) is 0 Å². The number of hydrogen-bond acceptors (Lipinski definition) is 2. The predicted molar refractivity (Wildman–Crippen MR) is 51.2 cm³/mol. The van der Waals surface area contributed by atoms with Crippen LogP contribution in [0.2, 0.25) is 0 Å². The number of alkyl halides is 1. The van der Waals surface area contributed by atoms with Gasteiger partial charge < -0.3 is 4.74 Å². The molecule has 0 N–H and O–H groups in total. The van der Waals surface area contributed by atoms with Gasteiger partial charge >= 0.3 is 5.97 Å². The highest BCUT2D eigenvalue weighted by molar-refractivity contribution is 5.81. The highest BCUT2D eigenvalue weighted by Crippen LogP contribution is 2.26. The Morgan fingerprint density at radius 3 is 2.57 bits per heavy atom. The molecule has 1 atom stereocenters.